The molecule has 0 aliphatic heterocycles. The Morgan fingerprint density at radius 2 is 1.71 bits per heavy atom. The van der Waals surface area contributed by atoms with Crippen LogP contribution in [0.1, 0.15) is 11.1 Å². The lowest BCUT2D eigenvalue weighted by molar-refractivity contribution is -0.384. The number of rotatable bonds is 5. The topological polar surface area (TPSA) is 113 Å². The number of benzene rings is 2. The number of thioether (sulfide) groups is 1. The molecule has 0 atom stereocenters. The number of fused-ring (bicyclic) bond motifs is 1. The molecule has 0 aliphatic carbocycles. The minimum Gasteiger partial charge on any atom is -0.280 e. The molecule has 4 rings (SSSR count). The Balaban J connectivity index is 1.85. The molecule has 2 aromatic heterocycles. The fourth-order valence-electron chi connectivity index (χ4n) is 3.38. The van der Waals surface area contributed by atoms with E-state index in [0.29, 0.717) is 11.1 Å². The summed E-state index contributed by atoms with van der Waals surface area (Å²) in [7, 11) is 2.73. The van der Waals surface area contributed by atoms with Crippen LogP contribution in [-0.4, -0.2) is 24.0 Å². The van der Waals surface area contributed by atoms with Crippen LogP contribution >= 0.6 is 11.8 Å². The van der Waals surface area contributed by atoms with E-state index in [4.69, 9.17) is 0 Å². The Hall–Kier alpha value is -4.00. The number of non-ortho nitro benzene ring substituents is 1. The van der Waals surface area contributed by atoms with E-state index < -0.39 is 27.9 Å². The number of alkyl halides is 3. The van der Waals surface area contributed by atoms with Crippen LogP contribution < -0.4 is 11.2 Å². The first kappa shape index (κ1) is 24.1. The second-order valence-electron chi connectivity index (χ2n) is 7.55. The van der Waals surface area contributed by atoms with Crippen molar-refractivity contribution in [3.63, 3.8) is 0 Å². The predicted octanol–water partition coefficient (Wildman–Crippen LogP) is 3.91. The number of halogens is 3. The summed E-state index contributed by atoms with van der Waals surface area (Å²) < 4.78 is 41.3. The molecule has 0 spiro atoms. The molecule has 180 valence electrons. The molecule has 0 saturated heterocycles. The zero-order valence-electron chi connectivity index (χ0n) is 18.2. The number of hydrogen-bond acceptors (Lipinski definition) is 7. The molecule has 0 unspecified atom stereocenters. The molecule has 0 saturated carbocycles. The standard InChI is InChI=1S/C22H16F3N5O4S/c1-28-18-16(20(31)29(2)21(28)32)19(35-11-12-4-3-5-14(10-12)22(23,24)25)27-17(26-18)13-6-8-15(9-7-13)30(33)34/h3-10H,11H2,1-2H3. The maximum absolute atomic E-state index is 13.1. The molecule has 2 heterocycles. The summed E-state index contributed by atoms with van der Waals surface area (Å²) in [5, 5.41) is 11.2. The van der Waals surface area contributed by atoms with Crippen LogP contribution in [0.4, 0.5) is 18.9 Å². The highest BCUT2D eigenvalue weighted by molar-refractivity contribution is 7.98. The average Bonchev–Trinajstić information content (AvgIpc) is 2.84. The van der Waals surface area contributed by atoms with Crippen LogP contribution in [0.2, 0.25) is 0 Å². The average molecular weight is 503 g/mol. The van der Waals surface area contributed by atoms with Gasteiger partial charge < -0.3 is 0 Å². The van der Waals surface area contributed by atoms with Crippen molar-refractivity contribution in [1.82, 2.24) is 19.1 Å². The van der Waals surface area contributed by atoms with Crippen LogP contribution in [-0.2, 0) is 26.0 Å². The van der Waals surface area contributed by atoms with Crippen molar-refractivity contribution in [2.75, 3.05) is 0 Å². The van der Waals surface area contributed by atoms with Gasteiger partial charge in [0.05, 0.1) is 10.5 Å². The maximum atomic E-state index is 13.1. The van der Waals surface area contributed by atoms with E-state index in [1.807, 2.05) is 0 Å². The van der Waals surface area contributed by atoms with Crippen molar-refractivity contribution < 1.29 is 18.1 Å². The molecule has 9 nitrogen and oxygen atoms in total. The van der Waals surface area contributed by atoms with E-state index in [-0.39, 0.29) is 33.3 Å². The summed E-state index contributed by atoms with van der Waals surface area (Å²) in [5.74, 6) is 0.157. The van der Waals surface area contributed by atoms with Gasteiger partial charge in [-0.1, -0.05) is 18.2 Å². The highest BCUT2D eigenvalue weighted by atomic mass is 32.2. The first-order valence-corrected chi connectivity index (χ1v) is 11.0. The van der Waals surface area contributed by atoms with Crippen LogP contribution in [0.5, 0.6) is 0 Å². The fourth-order valence-corrected chi connectivity index (χ4v) is 4.34. The van der Waals surface area contributed by atoms with E-state index in [1.54, 1.807) is 0 Å². The quantitative estimate of drug-likeness (QED) is 0.176. The SMILES string of the molecule is Cn1c(=O)c2c(SCc3cccc(C(F)(F)F)c3)nc(-c3ccc([N+](=O)[O-])cc3)nc2n(C)c1=O. The highest BCUT2D eigenvalue weighted by Crippen LogP contribution is 2.32. The number of aromatic nitrogens is 4. The van der Waals surface area contributed by atoms with Gasteiger partial charge in [-0.3, -0.25) is 24.0 Å². The summed E-state index contributed by atoms with van der Waals surface area (Å²) >= 11 is 1.02. The van der Waals surface area contributed by atoms with E-state index in [1.165, 1.54) is 55.1 Å². The fraction of sp³-hybridized carbons (Fsp3) is 0.182. The van der Waals surface area contributed by atoms with Gasteiger partial charge in [-0.05, 0) is 23.8 Å². The summed E-state index contributed by atoms with van der Waals surface area (Å²) in [6, 6.07) is 10.2. The van der Waals surface area contributed by atoms with Crippen LogP contribution in [0.25, 0.3) is 22.4 Å². The van der Waals surface area contributed by atoms with Crippen molar-refractivity contribution in [1.29, 1.82) is 0 Å². The third-order valence-corrected chi connectivity index (χ3v) is 6.28. The zero-order valence-corrected chi connectivity index (χ0v) is 19.1. The van der Waals surface area contributed by atoms with E-state index >= 15 is 0 Å². The van der Waals surface area contributed by atoms with Gasteiger partial charge in [0.2, 0.25) is 0 Å². The van der Waals surface area contributed by atoms with Gasteiger partial charge in [0, 0.05) is 37.5 Å². The Kier molecular flexibility index (Phi) is 6.19. The van der Waals surface area contributed by atoms with Gasteiger partial charge in [-0.15, -0.1) is 11.8 Å². The van der Waals surface area contributed by atoms with Crippen molar-refractivity contribution in [2.24, 2.45) is 14.1 Å². The van der Waals surface area contributed by atoms with Gasteiger partial charge in [0.25, 0.3) is 11.2 Å². The summed E-state index contributed by atoms with van der Waals surface area (Å²) in [6.45, 7) is 0. The normalized spacial score (nSPS) is 11.7. The molecule has 0 bridgehead atoms. The Morgan fingerprint density at radius 3 is 2.34 bits per heavy atom. The smallest absolute Gasteiger partial charge is 0.280 e. The predicted molar refractivity (Wildman–Crippen MR) is 123 cm³/mol. The monoisotopic (exact) mass is 503 g/mol. The third-order valence-electron chi connectivity index (χ3n) is 5.23. The second-order valence-corrected chi connectivity index (χ2v) is 8.51. The molecule has 2 aromatic carbocycles. The first-order chi connectivity index (χ1) is 16.5. The first-order valence-electron chi connectivity index (χ1n) is 9.99. The van der Waals surface area contributed by atoms with E-state index in [0.717, 1.165) is 28.5 Å². The van der Waals surface area contributed by atoms with Crippen molar-refractivity contribution >= 4 is 28.5 Å². The minimum absolute atomic E-state index is 0.0352. The molecule has 35 heavy (non-hydrogen) atoms. The maximum Gasteiger partial charge on any atom is 0.416 e. The molecule has 4 aromatic rings. The molecular weight excluding hydrogens is 487 g/mol. The minimum atomic E-state index is -4.50. The molecule has 0 N–H and O–H groups in total. The number of hydrogen-bond donors (Lipinski definition) is 0. The van der Waals surface area contributed by atoms with Crippen molar-refractivity contribution in [2.45, 2.75) is 17.0 Å². The summed E-state index contributed by atoms with van der Waals surface area (Å²) in [4.78, 5) is 44.6. The van der Waals surface area contributed by atoms with Crippen LogP contribution in [0.15, 0.2) is 63.1 Å². The van der Waals surface area contributed by atoms with Gasteiger partial charge in [0.15, 0.2) is 11.5 Å². The van der Waals surface area contributed by atoms with Crippen molar-refractivity contribution in [3.8, 4) is 11.4 Å². The Bertz CT molecular complexity index is 1580. The molecule has 0 aliphatic rings. The molecule has 13 heteroatoms. The molecule has 0 fully saturated rings. The van der Waals surface area contributed by atoms with Gasteiger partial charge in [-0.2, -0.15) is 13.2 Å². The van der Waals surface area contributed by atoms with Gasteiger partial charge in [0.1, 0.15) is 10.4 Å². The Morgan fingerprint density at radius 1 is 1.03 bits per heavy atom. The number of nitro benzene ring substituents is 1. The molecular formula is C22H16F3N5O4S. The van der Waals surface area contributed by atoms with Gasteiger partial charge in [-0.25, -0.2) is 14.8 Å². The van der Waals surface area contributed by atoms with Crippen LogP contribution in [0.3, 0.4) is 0 Å². The second kappa shape index (κ2) is 8.98. The lowest BCUT2D eigenvalue weighted by Crippen LogP contribution is -2.37. The van der Waals surface area contributed by atoms with E-state index in [9.17, 15) is 32.9 Å². The number of nitrogens with zero attached hydrogens (tertiary/aromatic N) is 5. The lowest BCUT2D eigenvalue weighted by Gasteiger charge is -2.12. The Labute approximate surface area is 199 Å². The summed E-state index contributed by atoms with van der Waals surface area (Å²) in [6.07, 6.45) is -4.50. The van der Waals surface area contributed by atoms with Crippen molar-refractivity contribution in [3.05, 3.63) is 90.6 Å². The highest BCUT2D eigenvalue weighted by Gasteiger charge is 2.30. The number of nitro groups is 1. The lowest BCUT2D eigenvalue weighted by atomic mass is 10.1. The van der Waals surface area contributed by atoms with E-state index in [2.05, 4.69) is 9.97 Å². The van der Waals surface area contributed by atoms with Gasteiger partial charge >= 0.3 is 11.9 Å². The number of aryl methyl sites for hydroxylation is 1. The molecule has 0 radical (unpaired) electrons. The largest absolute Gasteiger partial charge is 0.416 e. The summed E-state index contributed by atoms with van der Waals surface area (Å²) in [5.41, 5.74) is -1.42. The third kappa shape index (κ3) is 4.67. The molecule has 0 amide bonds. The zero-order chi connectivity index (χ0) is 25.5. The van der Waals surface area contributed by atoms with Crippen LogP contribution in [0, 0.1) is 10.1 Å².